The van der Waals surface area contributed by atoms with Gasteiger partial charge in [0.2, 0.25) is 0 Å². The highest BCUT2D eigenvalue weighted by molar-refractivity contribution is 5.91. The van der Waals surface area contributed by atoms with Gasteiger partial charge < -0.3 is 9.42 Å². The van der Waals surface area contributed by atoms with Crippen LogP contribution in [0.15, 0.2) is 57.8 Å². The van der Waals surface area contributed by atoms with Crippen LogP contribution < -0.4 is 5.56 Å². The van der Waals surface area contributed by atoms with E-state index in [1.165, 1.54) is 24.1 Å². The van der Waals surface area contributed by atoms with E-state index in [0.717, 1.165) is 10.2 Å². The summed E-state index contributed by atoms with van der Waals surface area (Å²) in [7, 11) is 3.14. The Morgan fingerprint density at radius 1 is 1.21 bits per heavy atom. The van der Waals surface area contributed by atoms with Gasteiger partial charge in [0.25, 0.3) is 11.5 Å². The fourth-order valence-electron chi connectivity index (χ4n) is 2.25. The van der Waals surface area contributed by atoms with Crippen LogP contribution in [-0.4, -0.2) is 32.8 Å². The highest BCUT2D eigenvalue weighted by atomic mass is 16.5. The van der Waals surface area contributed by atoms with E-state index in [4.69, 9.17) is 4.52 Å². The van der Waals surface area contributed by atoms with Gasteiger partial charge in [-0.05, 0) is 6.07 Å². The van der Waals surface area contributed by atoms with Crippen LogP contribution >= 0.6 is 0 Å². The lowest BCUT2D eigenvalue weighted by Gasteiger charge is -2.14. The van der Waals surface area contributed by atoms with Crippen molar-refractivity contribution in [1.29, 1.82) is 0 Å². The molecule has 7 nitrogen and oxygen atoms in total. The molecule has 24 heavy (non-hydrogen) atoms. The van der Waals surface area contributed by atoms with Crippen molar-refractivity contribution in [3.8, 4) is 11.3 Å². The molecule has 7 heteroatoms. The molecule has 0 N–H and O–H groups in total. The number of hydrogen-bond donors (Lipinski definition) is 0. The van der Waals surface area contributed by atoms with Crippen LogP contribution in [0.2, 0.25) is 0 Å². The number of carbonyl (C=O) groups excluding carboxylic acids is 1. The molecule has 122 valence electrons. The molecular formula is C17H16N4O3. The normalized spacial score (nSPS) is 10.6. The van der Waals surface area contributed by atoms with Crippen LogP contribution in [0, 0.1) is 0 Å². The summed E-state index contributed by atoms with van der Waals surface area (Å²) in [5.41, 5.74) is 1.59. The molecule has 0 unspecified atom stereocenters. The predicted octanol–water partition coefficient (Wildman–Crippen LogP) is 1.71. The number of nitrogens with zero attached hydrogens (tertiary/aromatic N) is 4. The van der Waals surface area contributed by atoms with Crippen LogP contribution in [0.4, 0.5) is 0 Å². The zero-order chi connectivity index (χ0) is 17.1. The Hall–Kier alpha value is -3.22. The van der Waals surface area contributed by atoms with Gasteiger partial charge in [0.05, 0.1) is 6.54 Å². The third-order valence-electron chi connectivity index (χ3n) is 3.55. The van der Waals surface area contributed by atoms with Crippen LogP contribution in [-0.2, 0) is 13.6 Å². The zero-order valence-electron chi connectivity index (χ0n) is 13.3. The van der Waals surface area contributed by atoms with Crippen molar-refractivity contribution in [3.05, 3.63) is 70.3 Å². The third-order valence-corrected chi connectivity index (χ3v) is 3.55. The fraction of sp³-hybridized carbons (Fsp3) is 0.176. The molecule has 0 aliphatic carbocycles. The summed E-state index contributed by atoms with van der Waals surface area (Å²) in [5.74, 6) is 0.262. The quantitative estimate of drug-likeness (QED) is 0.730. The van der Waals surface area contributed by atoms with E-state index in [-0.39, 0.29) is 23.7 Å². The number of hydrogen-bond acceptors (Lipinski definition) is 5. The van der Waals surface area contributed by atoms with Gasteiger partial charge in [-0.3, -0.25) is 9.59 Å². The molecule has 3 aromatic rings. The highest BCUT2D eigenvalue weighted by Gasteiger charge is 2.17. The van der Waals surface area contributed by atoms with Gasteiger partial charge in [-0.15, -0.1) is 0 Å². The maximum absolute atomic E-state index is 12.4. The van der Waals surface area contributed by atoms with Gasteiger partial charge in [-0.25, -0.2) is 4.68 Å². The maximum atomic E-state index is 12.4. The predicted molar refractivity (Wildman–Crippen MR) is 87.2 cm³/mol. The number of benzene rings is 1. The first-order valence-corrected chi connectivity index (χ1v) is 7.35. The van der Waals surface area contributed by atoms with Crippen LogP contribution in [0.5, 0.6) is 0 Å². The Kier molecular flexibility index (Phi) is 4.24. The topological polar surface area (TPSA) is 81.2 Å². The summed E-state index contributed by atoms with van der Waals surface area (Å²) in [6.45, 7) is 0.253. The van der Waals surface area contributed by atoms with Gasteiger partial charge in [-0.1, -0.05) is 35.5 Å². The first kappa shape index (κ1) is 15.7. The van der Waals surface area contributed by atoms with E-state index in [2.05, 4.69) is 10.3 Å². The van der Waals surface area contributed by atoms with Crippen LogP contribution in [0.25, 0.3) is 11.3 Å². The van der Waals surface area contributed by atoms with Gasteiger partial charge >= 0.3 is 0 Å². The Balaban J connectivity index is 1.74. The molecule has 0 atom stereocenters. The smallest absolute Gasteiger partial charge is 0.274 e. The molecule has 1 aromatic carbocycles. The second-order valence-corrected chi connectivity index (χ2v) is 5.39. The van der Waals surface area contributed by atoms with Gasteiger partial charge in [-0.2, -0.15) is 5.10 Å². The molecule has 0 fully saturated rings. The van der Waals surface area contributed by atoms with Crippen molar-refractivity contribution >= 4 is 5.91 Å². The summed E-state index contributed by atoms with van der Waals surface area (Å²) in [6, 6.07) is 14.2. The standard InChI is InChI=1S/C17H16N4O3/c1-20(17(23)14-8-9-16(22)21(2)18-14)11-13-10-15(19-24-13)12-6-4-3-5-7-12/h3-10H,11H2,1-2H3. The van der Waals surface area contributed by atoms with Crippen molar-refractivity contribution < 1.29 is 9.32 Å². The van der Waals surface area contributed by atoms with Crippen molar-refractivity contribution in [2.45, 2.75) is 6.54 Å². The second kappa shape index (κ2) is 6.49. The monoisotopic (exact) mass is 324 g/mol. The minimum absolute atomic E-state index is 0.197. The van der Waals surface area contributed by atoms with Crippen LogP contribution in [0.3, 0.4) is 0 Å². The van der Waals surface area contributed by atoms with E-state index in [9.17, 15) is 9.59 Å². The molecule has 0 bridgehead atoms. The molecule has 2 aromatic heterocycles. The van der Waals surface area contributed by atoms with E-state index >= 15 is 0 Å². The lowest BCUT2D eigenvalue weighted by atomic mass is 10.1. The summed E-state index contributed by atoms with van der Waals surface area (Å²) in [5, 5.41) is 7.98. The molecule has 0 saturated heterocycles. The van der Waals surface area contributed by atoms with Crippen LogP contribution in [0.1, 0.15) is 16.2 Å². The number of aryl methyl sites for hydroxylation is 1. The van der Waals surface area contributed by atoms with Crippen molar-refractivity contribution in [2.75, 3.05) is 7.05 Å². The molecule has 2 heterocycles. The van der Waals surface area contributed by atoms with Crippen molar-refractivity contribution in [3.63, 3.8) is 0 Å². The summed E-state index contributed by atoms with van der Waals surface area (Å²) >= 11 is 0. The van der Waals surface area contributed by atoms with E-state index in [1.807, 2.05) is 30.3 Å². The Morgan fingerprint density at radius 2 is 1.96 bits per heavy atom. The summed E-state index contributed by atoms with van der Waals surface area (Å²) < 4.78 is 6.43. The molecule has 3 rings (SSSR count). The summed E-state index contributed by atoms with van der Waals surface area (Å²) in [4.78, 5) is 25.2. The maximum Gasteiger partial charge on any atom is 0.274 e. The zero-order valence-corrected chi connectivity index (χ0v) is 13.3. The highest BCUT2D eigenvalue weighted by Crippen LogP contribution is 2.19. The Bertz CT molecular complexity index is 915. The number of rotatable bonds is 4. The van der Waals surface area contributed by atoms with Gasteiger partial charge in [0.1, 0.15) is 11.4 Å². The number of amides is 1. The third kappa shape index (κ3) is 3.24. The molecule has 1 amide bonds. The van der Waals surface area contributed by atoms with Crippen molar-refractivity contribution in [1.82, 2.24) is 19.8 Å². The summed E-state index contributed by atoms with van der Waals surface area (Å²) in [6.07, 6.45) is 0. The average Bonchev–Trinajstić information content (AvgIpc) is 3.06. The molecule has 0 radical (unpaired) electrons. The molecule has 0 aliphatic heterocycles. The Labute approximate surface area is 138 Å². The first-order valence-electron chi connectivity index (χ1n) is 7.35. The average molecular weight is 324 g/mol. The molecular weight excluding hydrogens is 308 g/mol. The van der Waals surface area contributed by atoms with Gasteiger partial charge in [0, 0.05) is 31.8 Å². The van der Waals surface area contributed by atoms with E-state index < -0.39 is 0 Å². The number of carbonyl (C=O) groups is 1. The molecule has 0 spiro atoms. The Morgan fingerprint density at radius 3 is 2.67 bits per heavy atom. The minimum atomic E-state index is -0.303. The SMILES string of the molecule is CN(Cc1cc(-c2ccccc2)no1)C(=O)c1ccc(=O)n(C)n1. The number of aromatic nitrogens is 3. The van der Waals surface area contributed by atoms with E-state index in [1.54, 1.807) is 13.1 Å². The molecule has 0 saturated carbocycles. The van der Waals surface area contributed by atoms with Crippen molar-refractivity contribution in [2.24, 2.45) is 7.05 Å². The lowest BCUT2D eigenvalue weighted by Crippen LogP contribution is -2.29. The molecule has 0 aliphatic rings. The largest absolute Gasteiger partial charge is 0.359 e. The first-order chi connectivity index (χ1) is 11.5. The lowest BCUT2D eigenvalue weighted by molar-refractivity contribution is 0.0764. The second-order valence-electron chi connectivity index (χ2n) is 5.39. The van der Waals surface area contributed by atoms with Gasteiger partial charge in [0.15, 0.2) is 5.76 Å². The fourth-order valence-corrected chi connectivity index (χ4v) is 2.25. The van der Waals surface area contributed by atoms with E-state index in [0.29, 0.717) is 11.5 Å². The minimum Gasteiger partial charge on any atom is -0.359 e.